The number of rotatable bonds is 3. The van der Waals surface area contributed by atoms with E-state index in [-0.39, 0.29) is 16.9 Å². The largest absolute Gasteiger partial charge is 0.278 e. The van der Waals surface area contributed by atoms with E-state index in [4.69, 9.17) is 5.41 Å². The van der Waals surface area contributed by atoms with E-state index in [9.17, 15) is 13.6 Å². The van der Waals surface area contributed by atoms with Crippen molar-refractivity contribution in [3.63, 3.8) is 0 Å². The Kier molecular flexibility index (Phi) is 4.33. The molecule has 1 saturated heterocycles. The molecule has 0 unspecified atom stereocenters. The van der Waals surface area contributed by atoms with Gasteiger partial charge in [-0.25, -0.2) is 8.78 Å². The van der Waals surface area contributed by atoms with Gasteiger partial charge in [-0.05, 0) is 66.4 Å². The zero-order valence-corrected chi connectivity index (χ0v) is 14.6. The van der Waals surface area contributed by atoms with E-state index in [1.807, 2.05) is 0 Å². The topological polar surface area (TPSA) is 72.8 Å². The Morgan fingerprint density at radius 2 is 1.67 bits per heavy atom. The van der Waals surface area contributed by atoms with Gasteiger partial charge in [0.15, 0.2) is 5.17 Å². The Labute approximate surface area is 157 Å². The predicted molar refractivity (Wildman–Crippen MR) is 101 cm³/mol. The Morgan fingerprint density at radius 3 is 2.33 bits per heavy atom. The molecule has 0 radical (unpaired) electrons. The highest BCUT2D eigenvalue weighted by molar-refractivity contribution is 8.19. The number of nitrogens with one attached hydrogen (secondary N) is 2. The van der Waals surface area contributed by atoms with E-state index >= 15 is 0 Å². The molecule has 5 nitrogen and oxygen atoms in total. The minimum Gasteiger partial charge on any atom is -0.278 e. The number of aromatic amines is 1. The average molecular weight is 382 g/mol. The molecule has 1 fully saturated rings. The first kappa shape index (κ1) is 17.2. The van der Waals surface area contributed by atoms with Gasteiger partial charge in [-0.15, -0.1) is 0 Å². The maximum Gasteiger partial charge on any atom is 0.271 e. The Balaban J connectivity index is 1.67. The summed E-state index contributed by atoms with van der Waals surface area (Å²) in [6.07, 6.45) is 3.19. The molecule has 0 atom stereocenters. The van der Waals surface area contributed by atoms with Crippen LogP contribution in [0, 0.1) is 17.0 Å². The first-order valence-electron chi connectivity index (χ1n) is 7.90. The fourth-order valence-corrected chi connectivity index (χ4v) is 3.56. The smallest absolute Gasteiger partial charge is 0.271 e. The molecule has 0 bridgehead atoms. The molecule has 3 aromatic rings. The molecule has 1 aromatic heterocycles. The van der Waals surface area contributed by atoms with Crippen LogP contribution in [-0.2, 0) is 4.79 Å². The summed E-state index contributed by atoms with van der Waals surface area (Å²) in [7, 11) is 0. The molecular weight excluding hydrogens is 370 g/mol. The fraction of sp³-hybridized carbons (Fsp3) is 0. The molecule has 0 aliphatic carbocycles. The molecular formula is C19H12F2N4OS. The van der Waals surface area contributed by atoms with Crippen LogP contribution < -0.4 is 4.90 Å². The van der Waals surface area contributed by atoms with Crippen LogP contribution >= 0.6 is 11.8 Å². The molecule has 134 valence electrons. The lowest BCUT2D eigenvalue weighted by Gasteiger charge is -2.13. The summed E-state index contributed by atoms with van der Waals surface area (Å²) in [6.45, 7) is 0. The normalized spacial score (nSPS) is 15.8. The number of anilines is 1. The monoisotopic (exact) mass is 382 g/mol. The number of aromatic nitrogens is 2. The van der Waals surface area contributed by atoms with Gasteiger partial charge in [-0.2, -0.15) is 5.10 Å². The van der Waals surface area contributed by atoms with E-state index in [1.165, 1.54) is 41.3 Å². The van der Waals surface area contributed by atoms with Crippen molar-refractivity contribution >= 4 is 34.6 Å². The summed E-state index contributed by atoms with van der Waals surface area (Å²) in [5.74, 6) is -1.13. The van der Waals surface area contributed by atoms with Crippen LogP contribution in [0.4, 0.5) is 14.5 Å². The first-order valence-corrected chi connectivity index (χ1v) is 8.72. The number of hydrogen-bond donors (Lipinski definition) is 2. The SMILES string of the molecule is N=C1SC(=Cc2cn[nH]c2-c2ccc(F)cc2)C(=O)N1c1ccc(F)cc1. The van der Waals surface area contributed by atoms with Crippen molar-refractivity contribution in [2.45, 2.75) is 0 Å². The predicted octanol–water partition coefficient (Wildman–Crippen LogP) is 4.41. The maximum absolute atomic E-state index is 13.1. The lowest BCUT2D eigenvalue weighted by Crippen LogP contribution is -2.28. The van der Waals surface area contributed by atoms with E-state index in [2.05, 4.69) is 10.2 Å². The van der Waals surface area contributed by atoms with Crippen LogP contribution in [0.25, 0.3) is 17.3 Å². The van der Waals surface area contributed by atoms with Crippen molar-refractivity contribution in [1.82, 2.24) is 10.2 Å². The van der Waals surface area contributed by atoms with Crippen LogP contribution in [0.1, 0.15) is 5.56 Å². The third-order valence-corrected chi connectivity index (χ3v) is 4.88. The summed E-state index contributed by atoms with van der Waals surface area (Å²) in [4.78, 5) is 14.3. The number of amides is 1. The average Bonchev–Trinajstić information content (AvgIpc) is 3.22. The lowest BCUT2D eigenvalue weighted by molar-refractivity contribution is -0.113. The first-order chi connectivity index (χ1) is 13.0. The molecule has 4 rings (SSSR count). The number of hydrogen-bond acceptors (Lipinski definition) is 4. The molecule has 1 amide bonds. The molecule has 8 heteroatoms. The van der Waals surface area contributed by atoms with Crippen molar-refractivity contribution < 1.29 is 13.6 Å². The summed E-state index contributed by atoms with van der Waals surface area (Å²) in [5.41, 5.74) is 2.43. The van der Waals surface area contributed by atoms with E-state index in [1.54, 1.807) is 24.4 Å². The van der Waals surface area contributed by atoms with Gasteiger partial charge in [0.1, 0.15) is 11.6 Å². The van der Waals surface area contributed by atoms with Gasteiger partial charge in [0.2, 0.25) is 0 Å². The second kappa shape index (κ2) is 6.81. The second-order valence-corrected chi connectivity index (χ2v) is 6.77. The van der Waals surface area contributed by atoms with Crippen LogP contribution in [0.2, 0.25) is 0 Å². The molecule has 1 aliphatic rings. The Morgan fingerprint density at radius 1 is 1.04 bits per heavy atom. The van der Waals surface area contributed by atoms with E-state index in [0.717, 1.165) is 17.3 Å². The van der Waals surface area contributed by atoms with Crippen molar-refractivity contribution in [1.29, 1.82) is 5.41 Å². The number of nitrogens with zero attached hydrogens (tertiary/aromatic N) is 2. The second-order valence-electron chi connectivity index (χ2n) is 5.74. The quantitative estimate of drug-likeness (QED) is 0.659. The van der Waals surface area contributed by atoms with Gasteiger partial charge in [0.25, 0.3) is 5.91 Å². The highest BCUT2D eigenvalue weighted by Gasteiger charge is 2.33. The van der Waals surface area contributed by atoms with Gasteiger partial charge in [0, 0.05) is 11.1 Å². The number of benzene rings is 2. The number of H-pyrrole nitrogens is 1. The minimum atomic E-state index is -0.414. The Hall–Kier alpha value is -3.26. The van der Waals surface area contributed by atoms with E-state index in [0.29, 0.717) is 21.8 Å². The van der Waals surface area contributed by atoms with Crippen LogP contribution in [0.5, 0.6) is 0 Å². The van der Waals surface area contributed by atoms with Gasteiger partial charge in [0.05, 0.1) is 22.5 Å². The number of carbonyl (C=O) groups excluding carboxylic acids is 1. The van der Waals surface area contributed by atoms with E-state index < -0.39 is 5.82 Å². The summed E-state index contributed by atoms with van der Waals surface area (Å²) in [6, 6.07) is 11.3. The van der Waals surface area contributed by atoms with Gasteiger partial charge in [-0.1, -0.05) is 0 Å². The van der Waals surface area contributed by atoms with Crippen LogP contribution in [-0.4, -0.2) is 21.3 Å². The van der Waals surface area contributed by atoms with Crippen molar-refractivity contribution in [3.8, 4) is 11.3 Å². The number of carbonyl (C=O) groups is 1. The fourth-order valence-electron chi connectivity index (χ4n) is 2.71. The molecule has 2 heterocycles. The van der Waals surface area contributed by atoms with Gasteiger partial charge < -0.3 is 0 Å². The van der Waals surface area contributed by atoms with Crippen LogP contribution in [0.15, 0.2) is 59.6 Å². The third-order valence-electron chi connectivity index (χ3n) is 4.00. The summed E-state index contributed by atoms with van der Waals surface area (Å²) < 4.78 is 26.3. The standard InChI is InChI=1S/C19H12F2N4OS/c20-13-3-1-11(2-4-13)17-12(10-23-24-17)9-16-18(26)25(19(22)27-16)15-7-5-14(21)6-8-15/h1-10,22H,(H,23,24). The molecule has 27 heavy (non-hydrogen) atoms. The third kappa shape index (κ3) is 3.26. The minimum absolute atomic E-state index is 0.0321. The zero-order chi connectivity index (χ0) is 19.0. The molecule has 2 N–H and O–H groups in total. The van der Waals surface area contributed by atoms with Crippen LogP contribution in [0.3, 0.4) is 0 Å². The van der Waals surface area contributed by atoms with Gasteiger partial charge >= 0.3 is 0 Å². The zero-order valence-electron chi connectivity index (χ0n) is 13.7. The maximum atomic E-state index is 13.1. The number of thioether (sulfide) groups is 1. The molecule has 2 aromatic carbocycles. The molecule has 1 aliphatic heterocycles. The molecule has 0 saturated carbocycles. The highest BCUT2D eigenvalue weighted by atomic mass is 32.2. The number of amidine groups is 1. The molecule has 0 spiro atoms. The summed E-state index contributed by atoms with van der Waals surface area (Å²) in [5, 5.41) is 15.0. The number of halogens is 2. The lowest BCUT2D eigenvalue weighted by atomic mass is 10.1. The Bertz CT molecular complexity index is 1060. The highest BCUT2D eigenvalue weighted by Crippen LogP contribution is 2.36. The van der Waals surface area contributed by atoms with Crippen molar-refractivity contribution in [3.05, 3.63) is 76.8 Å². The van der Waals surface area contributed by atoms with Crippen molar-refractivity contribution in [2.75, 3.05) is 4.90 Å². The summed E-state index contributed by atoms with van der Waals surface area (Å²) >= 11 is 1.01. The van der Waals surface area contributed by atoms with Crippen molar-refractivity contribution in [2.24, 2.45) is 0 Å². The van der Waals surface area contributed by atoms with Gasteiger partial charge in [-0.3, -0.25) is 20.2 Å².